The number of hydrogen-bond acceptors (Lipinski definition) is 2. The lowest BCUT2D eigenvalue weighted by molar-refractivity contribution is 0.0697. The predicted octanol–water partition coefficient (Wildman–Crippen LogP) is 3.23. The summed E-state index contributed by atoms with van der Waals surface area (Å²) in [5.74, 6) is -1.84. The van der Waals surface area contributed by atoms with Gasteiger partial charge in [-0.2, -0.15) is 5.10 Å². The van der Waals surface area contributed by atoms with Gasteiger partial charge in [-0.15, -0.1) is 0 Å². The van der Waals surface area contributed by atoms with Crippen molar-refractivity contribution in [3.63, 3.8) is 0 Å². The second-order valence-corrected chi connectivity index (χ2v) is 4.43. The van der Waals surface area contributed by atoms with E-state index in [2.05, 4.69) is 5.10 Å². The average Bonchev–Trinajstić information content (AvgIpc) is 2.65. The third-order valence-corrected chi connectivity index (χ3v) is 2.93. The number of carboxylic acids is 1. The summed E-state index contributed by atoms with van der Waals surface area (Å²) in [6.45, 7) is 0. The Morgan fingerprint density at radius 3 is 2.67 bits per heavy atom. The molecule has 1 N–H and O–H groups in total. The number of halogens is 3. The molecular formula is C11H7Cl2FN2O2. The quantitative estimate of drug-likeness (QED) is 0.863. The van der Waals surface area contributed by atoms with E-state index in [1.54, 1.807) is 7.05 Å². The van der Waals surface area contributed by atoms with Gasteiger partial charge < -0.3 is 5.11 Å². The van der Waals surface area contributed by atoms with Gasteiger partial charge in [-0.1, -0.05) is 23.2 Å². The molecule has 94 valence electrons. The maximum absolute atomic E-state index is 13.4. The molecule has 0 aliphatic rings. The fourth-order valence-corrected chi connectivity index (χ4v) is 2.02. The van der Waals surface area contributed by atoms with Crippen LogP contribution in [0.15, 0.2) is 18.3 Å². The molecule has 1 aromatic heterocycles. The van der Waals surface area contributed by atoms with Crippen molar-refractivity contribution < 1.29 is 14.3 Å². The van der Waals surface area contributed by atoms with Crippen molar-refractivity contribution in [3.8, 4) is 11.3 Å². The molecule has 0 atom stereocenters. The minimum absolute atomic E-state index is 0.0545. The van der Waals surface area contributed by atoms with Crippen LogP contribution in [0.2, 0.25) is 10.0 Å². The first-order chi connectivity index (χ1) is 8.40. The van der Waals surface area contributed by atoms with Gasteiger partial charge in [0.05, 0.1) is 10.0 Å². The van der Waals surface area contributed by atoms with Crippen molar-refractivity contribution >= 4 is 29.2 Å². The van der Waals surface area contributed by atoms with Crippen LogP contribution in [0.25, 0.3) is 11.3 Å². The number of nitrogens with zero attached hydrogens (tertiary/aromatic N) is 2. The topological polar surface area (TPSA) is 55.1 Å². The van der Waals surface area contributed by atoms with Crippen LogP contribution in [-0.4, -0.2) is 20.9 Å². The zero-order valence-electron chi connectivity index (χ0n) is 9.12. The van der Waals surface area contributed by atoms with Gasteiger partial charge in [-0.3, -0.25) is 4.68 Å². The molecule has 0 bridgehead atoms. The Hall–Kier alpha value is -1.59. The number of benzene rings is 1. The summed E-state index contributed by atoms with van der Waals surface area (Å²) in [6.07, 6.45) is 1.32. The Morgan fingerprint density at radius 1 is 1.39 bits per heavy atom. The fraction of sp³-hybridized carbons (Fsp3) is 0.0909. The normalized spacial score (nSPS) is 10.7. The minimum atomic E-state index is -1.16. The van der Waals surface area contributed by atoms with Crippen molar-refractivity contribution in [2.45, 2.75) is 0 Å². The third-order valence-electron chi connectivity index (χ3n) is 2.32. The smallest absolute Gasteiger partial charge is 0.339 e. The second-order valence-electron chi connectivity index (χ2n) is 3.62. The Labute approximate surface area is 112 Å². The van der Waals surface area contributed by atoms with Crippen LogP contribution >= 0.6 is 23.2 Å². The first-order valence-corrected chi connectivity index (χ1v) is 5.57. The maximum Gasteiger partial charge on any atom is 0.339 e. The molecule has 1 aromatic carbocycles. The van der Waals surface area contributed by atoms with E-state index in [0.717, 1.165) is 6.07 Å². The van der Waals surface area contributed by atoms with Crippen LogP contribution in [0.4, 0.5) is 4.39 Å². The second kappa shape index (κ2) is 4.59. The molecule has 0 unspecified atom stereocenters. The maximum atomic E-state index is 13.4. The minimum Gasteiger partial charge on any atom is -0.478 e. The molecule has 2 rings (SSSR count). The van der Waals surface area contributed by atoms with Gasteiger partial charge in [0.1, 0.15) is 17.1 Å². The molecule has 0 fully saturated rings. The van der Waals surface area contributed by atoms with Crippen LogP contribution < -0.4 is 0 Å². The molecule has 18 heavy (non-hydrogen) atoms. The lowest BCUT2D eigenvalue weighted by Gasteiger charge is -2.04. The zero-order chi connectivity index (χ0) is 13.4. The zero-order valence-corrected chi connectivity index (χ0v) is 10.6. The van der Waals surface area contributed by atoms with Gasteiger partial charge in [-0.05, 0) is 12.1 Å². The molecule has 0 radical (unpaired) electrons. The van der Waals surface area contributed by atoms with Crippen molar-refractivity contribution in [2.24, 2.45) is 7.05 Å². The number of carboxylic acid groups (broad SMARTS) is 1. The predicted molar refractivity (Wildman–Crippen MR) is 65.6 cm³/mol. The molecule has 0 saturated carbocycles. The van der Waals surface area contributed by atoms with E-state index in [-0.39, 0.29) is 26.9 Å². The van der Waals surface area contributed by atoms with Gasteiger partial charge in [0, 0.05) is 18.8 Å². The first-order valence-electron chi connectivity index (χ1n) is 4.82. The van der Waals surface area contributed by atoms with Gasteiger partial charge >= 0.3 is 5.97 Å². The van der Waals surface area contributed by atoms with E-state index >= 15 is 0 Å². The molecule has 7 heteroatoms. The van der Waals surface area contributed by atoms with Crippen molar-refractivity contribution in [2.75, 3.05) is 0 Å². The van der Waals surface area contributed by atoms with E-state index in [0.29, 0.717) is 0 Å². The van der Waals surface area contributed by atoms with Crippen molar-refractivity contribution in [3.05, 3.63) is 39.8 Å². The number of carbonyl (C=O) groups is 1. The number of aromatic nitrogens is 2. The van der Waals surface area contributed by atoms with E-state index in [1.807, 2.05) is 0 Å². The largest absolute Gasteiger partial charge is 0.478 e. The standard InChI is InChI=1S/C11H7Cl2FN2O2/c1-16-4-6(11(17)18)10(15-16)5-2-9(14)8(13)3-7(5)12/h2-4H,1H3,(H,17,18). The highest BCUT2D eigenvalue weighted by Crippen LogP contribution is 2.33. The summed E-state index contributed by atoms with van der Waals surface area (Å²) in [5, 5.41) is 13.0. The average molecular weight is 289 g/mol. The van der Waals surface area contributed by atoms with Gasteiger partial charge in [0.25, 0.3) is 0 Å². The molecule has 0 amide bonds. The van der Waals surface area contributed by atoms with E-state index in [1.165, 1.54) is 16.9 Å². The van der Waals surface area contributed by atoms with Crippen LogP contribution in [0.5, 0.6) is 0 Å². The molecule has 0 aliphatic heterocycles. The Bertz CT molecular complexity index is 640. The highest BCUT2D eigenvalue weighted by atomic mass is 35.5. The monoisotopic (exact) mass is 288 g/mol. The lowest BCUT2D eigenvalue weighted by atomic mass is 10.1. The number of hydrogen-bond donors (Lipinski definition) is 1. The van der Waals surface area contributed by atoms with E-state index < -0.39 is 11.8 Å². The summed E-state index contributed by atoms with van der Waals surface area (Å²) in [4.78, 5) is 11.1. The molecule has 1 heterocycles. The summed E-state index contributed by atoms with van der Waals surface area (Å²) in [6, 6.07) is 2.29. The number of aromatic carboxylic acids is 1. The summed E-state index contributed by atoms with van der Waals surface area (Å²) < 4.78 is 14.7. The third kappa shape index (κ3) is 2.19. The van der Waals surface area contributed by atoms with Crippen molar-refractivity contribution in [1.29, 1.82) is 0 Å². The molecule has 4 nitrogen and oxygen atoms in total. The number of aryl methyl sites for hydroxylation is 1. The van der Waals surface area contributed by atoms with Crippen LogP contribution in [0.3, 0.4) is 0 Å². The SMILES string of the molecule is Cn1cc(C(=O)O)c(-c2cc(F)c(Cl)cc2Cl)n1. The van der Waals surface area contributed by atoms with Crippen molar-refractivity contribution in [1.82, 2.24) is 9.78 Å². The fourth-order valence-electron chi connectivity index (χ4n) is 1.55. The van der Waals surface area contributed by atoms with E-state index in [4.69, 9.17) is 28.3 Å². The van der Waals surface area contributed by atoms with Crippen LogP contribution in [-0.2, 0) is 7.05 Å². The Kier molecular flexibility index (Phi) is 3.28. The van der Waals surface area contributed by atoms with Gasteiger partial charge in [0.15, 0.2) is 0 Å². The molecule has 0 aliphatic carbocycles. The Balaban J connectivity index is 2.69. The summed E-state index contributed by atoms with van der Waals surface area (Å²) in [7, 11) is 1.57. The Morgan fingerprint density at radius 2 is 2.06 bits per heavy atom. The van der Waals surface area contributed by atoms with Crippen LogP contribution in [0, 0.1) is 5.82 Å². The first kappa shape index (κ1) is 12.9. The number of rotatable bonds is 2. The summed E-state index contributed by atoms with van der Waals surface area (Å²) in [5.41, 5.74) is 0.239. The molecular weight excluding hydrogens is 282 g/mol. The van der Waals surface area contributed by atoms with Gasteiger partial charge in [-0.25, -0.2) is 9.18 Å². The molecule has 0 saturated heterocycles. The highest BCUT2D eigenvalue weighted by molar-refractivity contribution is 6.36. The van der Waals surface area contributed by atoms with Gasteiger partial charge in [0.2, 0.25) is 0 Å². The summed E-state index contributed by atoms with van der Waals surface area (Å²) >= 11 is 11.5. The lowest BCUT2D eigenvalue weighted by Crippen LogP contribution is -1.97. The molecule has 2 aromatic rings. The van der Waals surface area contributed by atoms with Crippen LogP contribution in [0.1, 0.15) is 10.4 Å². The molecule has 0 spiro atoms. The highest BCUT2D eigenvalue weighted by Gasteiger charge is 2.19. The van der Waals surface area contributed by atoms with E-state index in [9.17, 15) is 9.18 Å².